The van der Waals surface area contributed by atoms with Crippen LogP contribution in [0.1, 0.15) is 51.9 Å². The topological polar surface area (TPSA) is 61.3 Å². The van der Waals surface area contributed by atoms with Gasteiger partial charge in [-0.1, -0.05) is 25.8 Å². The molecule has 3 N–H and O–H groups in total. The lowest BCUT2D eigenvalue weighted by molar-refractivity contribution is 0.283. The molecule has 0 unspecified atom stereocenters. The quantitative estimate of drug-likeness (QED) is 0.369. The van der Waals surface area contributed by atoms with Crippen LogP contribution >= 0.6 is 0 Å². The number of nitrogens with zero attached hydrogens (tertiary/aromatic N) is 2. The molecule has 24 heavy (non-hydrogen) atoms. The highest BCUT2D eigenvalue weighted by Gasteiger charge is 2.31. The van der Waals surface area contributed by atoms with Gasteiger partial charge in [-0.3, -0.25) is 4.99 Å². The molecular formula is C19H33N5. The molecule has 0 saturated heterocycles. The van der Waals surface area contributed by atoms with E-state index in [2.05, 4.69) is 32.9 Å². The minimum absolute atomic E-state index is 0.490. The van der Waals surface area contributed by atoms with Gasteiger partial charge < -0.3 is 16.0 Å². The first-order valence-corrected chi connectivity index (χ1v) is 9.37. The van der Waals surface area contributed by atoms with E-state index >= 15 is 0 Å². The maximum absolute atomic E-state index is 4.35. The van der Waals surface area contributed by atoms with E-state index in [-0.39, 0.29) is 0 Å². The van der Waals surface area contributed by atoms with Gasteiger partial charge in [-0.2, -0.15) is 0 Å². The molecule has 1 aliphatic rings. The number of nitrogens with one attached hydrogen (secondary N) is 3. The molecule has 1 saturated carbocycles. The first kappa shape index (κ1) is 18.6. The molecule has 0 radical (unpaired) electrons. The Morgan fingerprint density at radius 1 is 1.17 bits per heavy atom. The summed E-state index contributed by atoms with van der Waals surface area (Å²) in [6.07, 6.45) is 10.8. The zero-order valence-electron chi connectivity index (χ0n) is 15.3. The molecule has 0 amide bonds. The molecule has 5 nitrogen and oxygen atoms in total. The third kappa shape index (κ3) is 6.02. The van der Waals surface area contributed by atoms with Crippen LogP contribution in [0.5, 0.6) is 0 Å². The molecule has 1 aromatic rings. The van der Waals surface area contributed by atoms with Gasteiger partial charge in [0.2, 0.25) is 0 Å². The van der Waals surface area contributed by atoms with Crippen LogP contribution in [-0.2, 0) is 0 Å². The maximum atomic E-state index is 4.35. The number of aromatic nitrogens is 1. The van der Waals surface area contributed by atoms with Crippen LogP contribution in [0.4, 0.5) is 5.82 Å². The fourth-order valence-electron chi connectivity index (χ4n) is 3.41. The predicted molar refractivity (Wildman–Crippen MR) is 103 cm³/mol. The summed E-state index contributed by atoms with van der Waals surface area (Å²) in [7, 11) is 1.85. The van der Waals surface area contributed by atoms with Crippen LogP contribution < -0.4 is 16.0 Å². The molecular weight excluding hydrogens is 298 g/mol. The Bertz CT molecular complexity index is 480. The number of hydrogen-bond acceptors (Lipinski definition) is 3. The zero-order valence-corrected chi connectivity index (χ0v) is 15.3. The van der Waals surface area contributed by atoms with Crippen molar-refractivity contribution in [3.05, 3.63) is 24.4 Å². The van der Waals surface area contributed by atoms with Crippen LogP contribution in [0, 0.1) is 5.41 Å². The Morgan fingerprint density at radius 2 is 1.96 bits per heavy atom. The van der Waals surface area contributed by atoms with Gasteiger partial charge in [0.15, 0.2) is 5.96 Å². The van der Waals surface area contributed by atoms with E-state index in [1.54, 1.807) is 0 Å². The van der Waals surface area contributed by atoms with Crippen molar-refractivity contribution in [1.82, 2.24) is 15.6 Å². The van der Waals surface area contributed by atoms with Gasteiger partial charge in [0.05, 0.1) is 0 Å². The highest BCUT2D eigenvalue weighted by Crippen LogP contribution is 2.40. The third-order valence-corrected chi connectivity index (χ3v) is 5.14. The third-order valence-electron chi connectivity index (χ3n) is 5.14. The number of aliphatic imine (C=N–C) groups is 1. The van der Waals surface area contributed by atoms with Gasteiger partial charge in [-0.25, -0.2) is 4.98 Å². The smallest absolute Gasteiger partial charge is 0.190 e. The molecule has 5 heteroatoms. The molecule has 0 bridgehead atoms. The highest BCUT2D eigenvalue weighted by molar-refractivity contribution is 5.79. The number of hydrogen-bond donors (Lipinski definition) is 3. The Labute approximate surface area is 146 Å². The minimum atomic E-state index is 0.490. The van der Waals surface area contributed by atoms with E-state index in [0.717, 1.165) is 44.3 Å². The number of unbranched alkanes of at least 4 members (excludes halogenated alkanes) is 1. The molecule has 1 heterocycles. The lowest BCUT2D eigenvalue weighted by Crippen LogP contribution is -2.43. The van der Waals surface area contributed by atoms with Crippen molar-refractivity contribution in [2.24, 2.45) is 10.4 Å². The van der Waals surface area contributed by atoms with Crippen LogP contribution in [0.25, 0.3) is 0 Å². The molecule has 0 aromatic carbocycles. The van der Waals surface area contributed by atoms with Crippen LogP contribution in [0.2, 0.25) is 0 Å². The van der Waals surface area contributed by atoms with Gasteiger partial charge in [0.25, 0.3) is 0 Å². The highest BCUT2D eigenvalue weighted by atomic mass is 15.2. The van der Waals surface area contributed by atoms with E-state index in [0.29, 0.717) is 5.41 Å². The normalized spacial score (nSPS) is 16.8. The second kappa shape index (κ2) is 10.2. The van der Waals surface area contributed by atoms with Crippen molar-refractivity contribution < 1.29 is 0 Å². The Balaban J connectivity index is 1.56. The van der Waals surface area contributed by atoms with Crippen molar-refractivity contribution in [2.75, 3.05) is 32.0 Å². The van der Waals surface area contributed by atoms with E-state index in [9.17, 15) is 0 Å². The first-order chi connectivity index (χ1) is 11.8. The molecule has 134 valence electrons. The maximum Gasteiger partial charge on any atom is 0.190 e. The molecule has 2 rings (SSSR count). The summed E-state index contributed by atoms with van der Waals surface area (Å²) in [6, 6.07) is 5.93. The summed E-state index contributed by atoms with van der Waals surface area (Å²) in [5.74, 6) is 1.89. The number of rotatable bonds is 9. The van der Waals surface area contributed by atoms with Gasteiger partial charge in [-0.05, 0) is 49.7 Å². The van der Waals surface area contributed by atoms with Gasteiger partial charge in [0.1, 0.15) is 5.82 Å². The average Bonchev–Trinajstić information content (AvgIpc) is 3.11. The standard InChI is InChI=1S/C19H33N5/c1-3-19(11-5-6-12-19)16-24-18(20-2)23-15-9-8-14-22-17-10-4-7-13-21-17/h4,7,10,13H,3,5-6,8-9,11-12,14-16H2,1-2H3,(H,21,22)(H2,20,23,24). The number of anilines is 1. The number of pyridine rings is 1. The van der Waals surface area contributed by atoms with Crippen molar-refractivity contribution in [3.8, 4) is 0 Å². The summed E-state index contributed by atoms with van der Waals surface area (Å²) in [5, 5.41) is 10.3. The summed E-state index contributed by atoms with van der Waals surface area (Å²) >= 11 is 0. The molecule has 0 aliphatic heterocycles. The SMILES string of the molecule is CCC1(CNC(=NC)NCCCCNc2ccccn2)CCCC1. The Hall–Kier alpha value is -1.78. The molecule has 1 aromatic heterocycles. The second-order valence-electron chi connectivity index (χ2n) is 6.76. The molecule has 1 fully saturated rings. The first-order valence-electron chi connectivity index (χ1n) is 9.37. The fraction of sp³-hybridized carbons (Fsp3) is 0.684. The van der Waals surface area contributed by atoms with E-state index in [1.807, 2.05) is 31.4 Å². The van der Waals surface area contributed by atoms with Crippen LogP contribution in [-0.4, -0.2) is 37.6 Å². The second-order valence-corrected chi connectivity index (χ2v) is 6.76. The average molecular weight is 332 g/mol. The van der Waals surface area contributed by atoms with Gasteiger partial charge in [0, 0.05) is 32.9 Å². The monoisotopic (exact) mass is 331 g/mol. The summed E-state index contributed by atoms with van der Waals surface area (Å²) in [5.41, 5.74) is 0.490. The van der Waals surface area contributed by atoms with Crippen molar-refractivity contribution >= 4 is 11.8 Å². The fourth-order valence-corrected chi connectivity index (χ4v) is 3.41. The van der Waals surface area contributed by atoms with Crippen molar-refractivity contribution in [3.63, 3.8) is 0 Å². The van der Waals surface area contributed by atoms with E-state index in [1.165, 1.54) is 32.1 Å². The Kier molecular flexibility index (Phi) is 7.86. The summed E-state index contributed by atoms with van der Waals surface area (Å²) in [4.78, 5) is 8.61. The summed E-state index contributed by atoms with van der Waals surface area (Å²) in [6.45, 7) is 5.26. The Morgan fingerprint density at radius 3 is 2.62 bits per heavy atom. The minimum Gasteiger partial charge on any atom is -0.370 e. The predicted octanol–water partition coefficient (Wildman–Crippen LogP) is 3.41. The van der Waals surface area contributed by atoms with Crippen LogP contribution in [0.3, 0.4) is 0 Å². The van der Waals surface area contributed by atoms with E-state index in [4.69, 9.17) is 0 Å². The lowest BCUT2D eigenvalue weighted by atomic mass is 9.83. The van der Waals surface area contributed by atoms with Crippen molar-refractivity contribution in [2.45, 2.75) is 51.9 Å². The zero-order chi connectivity index (χ0) is 17.1. The van der Waals surface area contributed by atoms with Crippen molar-refractivity contribution in [1.29, 1.82) is 0 Å². The largest absolute Gasteiger partial charge is 0.370 e. The number of guanidine groups is 1. The molecule has 0 spiro atoms. The van der Waals surface area contributed by atoms with E-state index < -0.39 is 0 Å². The summed E-state index contributed by atoms with van der Waals surface area (Å²) < 4.78 is 0. The van der Waals surface area contributed by atoms with Gasteiger partial charge >= 0.3 is 0 Å². The lowest BCUT2D eigenvalue weighted by Gasteiger charge is -2.28. The molecule has 0 atom stereocenters. The van der Waals surface area contributed by atoms with Crippen LogP contribution in [0.15, 0.2) is 29.4 Å². The molecule has 1 aliphatic carbocycles. The van der Waals surface area contributed by atoms with Gasteiger partial charge in [-0.15, -0.1) is 0 Å².